The van der Waals surface area contributed by atoms with Crippen LogP contribution >= 0.6 is 0 Å². The van der Waals surface area contributed by atoms with Gasteiger partial charge in [-0.1, -0.05) is 30.7 Å². The Morgan fingerprint density at radius 3 is 2.63 bits per heavy atom. The van der Waals surface area contributed by atoms with Crippen molar-refractivity contribution in [2.24, 2.45) is 5.84 Å². The van der Waals surface area contributed by atoms with Gasteiger partial charge in [0, 0.05) is 0 Å². The first-order valence-electron chi connectivity index (χ1n) is 7.19. The van der Waals surface area contributed by atoms with Gasteiger partial charge in [0.25, 0.3) is 0 Å². The molecule has 1 aliphatic rings. The van der Waals surface area contributed by atoms with Crippen LogP contribution in [0.1, 0.15) is 63.1 Å². The molecule has 1 aromatic rings. The Kier molecular flexibility index (Phi) is 4.61. The van der Waals surface area contributed by atoms with E-state index in [1.165, 1.54) is 30.4 Å². The van der Waals surface area contributed by atoms with Crippen molar-refractivity contribution in [2.45, 2.75) is 57.6 Å². The third-order valence-corrected chi connectivity index (χ3v) is 3.77. The van der Waals surface area contributed by atoms with Crippen LogP contribution in [0.15, 0.2) is 24.3 Å². The van der Waals surface area contributed by atoms with Crippen LogP contribution in [0.3, 0.4) is 0 Å². The van der Waals surface area contributed by atoms with Gasteiger partial charge in [-0.05, 0) is 50.7 Å². The molecule has 1 aromatic carbocycles. The fraction of sp³-hybridized carbons (Fsp3) is 0.625. The molecule has 19 heavy (non-hydrogen) atoms. The Balaban J connectivity index is 2.05. The summed E-state index contributed by atoms with van der Waals surface area (Å²) in [5.41, 5.74) is 5.39. The average molecular weight is 262 g/mol. The van der Waals surface area contributed by atoms with Crippen LogP contribution in [0.4, 0.5) is 0 Å². The summed E-state index contributed by atoms with van der Waals surface area (Å²) >= 11 is 0. The zero-order valence-electron chi connectivity index (χ0n) is 12.3. The van der Waals surface area contributed by atoms with E-state index in [1.807, 2.05) is 0 Å². The predicted molar refractivity (Wildman–Crippen MR) is 78.8 cm³/mol. The number of benzene rings is 1. The molecule has 0 saturated heterocycles. The molecule has 0 aliphatic heterocycles. The second-order valence-corrected chi connectivity index (χ2v) is 6.44. The van der Waals surface area contributed by atoms with Gasteiger partial charge in [0.2, 0.25) is 0 Å². The third-order valence-electron chi connectivity index (χ3n) is 3.77. The molecular formula is C16H26N2O. The minimum absolute atomic E-state index is 0.0549. The summed E-state index contributed by atoms with van der Waals surface area (Å²) < 4.78 is 5.83. The highest BCUT2D eigenvalue weighted by Crippen LogP contribution is 2.37. The van der Waals surface area contributed by atoms with Crippen LogP contribution in [0.2, 0.25) is 0 Å². The summed E-state index contributed by atoms with van der Waals surface area (Å²) in [7, 11) is 0. The molecule has 3 heteroatoms. The van der Waals surface area contributed by atoms with Gasteiger partial charge >= 0.3 is 0 Å². The molecule has 1 unspecified atom stereocenters. The lowest BCUT2D eigenvalue weighted by Gasteiger charge is -2.28. The van der Waals surface area contributed by atoms with Crippen molar-refractivity contribution in [3.63, 3.8) is 0 Å². The normalized spacial score (nSPS) is 18.1. The summed E-state index contributed by atoms with van der Waals surface area (Å²) in [6, 6.07) is 8.81. The third kappa shape index (κ3) is 4.03. The van der Waals surface area contributed by atoms with E-state index in [9.17, 15) is 0 Å². The first-order chi connectivity index (χ1) is 8.99. The number of nitrogens with one attached hydrogen (secondary N) is 1. The van der Waals surface area contributed by atoms with Crippen LogP contribution in [0, 0.1) is 0 Å². The Bertz CT molecular complexity index is 407. The van der Waals surface area contributed by atoms with Crippen molar-refractivity contribution in [2.75, 3.05) is 6.61 Å². The maximum absolute atomic E-state index is 5.83. The smallest absolute Gasteiger partial charge is 0.0694 e. The van der Waals surface area contributed by atoms with Crippen molar-refractivity contribution >= 4 is 0 Å². The van der Waals surface area contributed by atoms with E-state index >= 15 is 0 Å². The lowest BCUT2D eigenvalue weighted by atomic mass is 9.79. The van der Waals surface area contributed by atoms with Crippen molar-refractivity contribution in [1.82, 2.24) is 5.43 Å². The number of ether oxygens (including phenoxy) is 1. The highest BCUT2D eigenvalue weighted by Gasteiger charge is 2.21. The topological polar surface area (TPSA) is 47.3 Å². The highest BCUT2D eigenvalue weighted by molar-refractivity contribution is 5.29. The molecule has 0 radical (unpaired) electrons. The molecule has 3 N–H and O–H groups in total. The average Bonchev–Trinajstić information content (AvgIpc) is 2.26. The van der Waals surface area contributed by atoms with Crippen molar-refractivity contribution in [3.05, 3.63) is 35.4 Å². The van der Waals surface area contributed by atoms with Crippen LogP contribution in [-0.4, -0.2) is 12.2 Å². The van der Waals surface area contributed by atoms with E-state index in [1.54, 1.807) is 0 Å². The molecule has 3 nitrogen and oxygen atoms in total. The molecule has 2 rings (SSSR count). The largest absolute Gasteiger partial charge is 0.374 e. The number of hydrogen-bond acceptors (Lipinski definition) is 3. The lowest BCUT2D eigenvalue weighted by molar-refractivity contribution is -0.0148. The van der Waals surface area contributed by atoms with Crippen LogP contribution in [0.5, 0.6) is 0 Å². The zero-order valence-corrected chi connectivity index (χ0v) is 12.3. The fourth-order valence-electron chi connectivity index (χ4n) is 2.35. The Hall–Kier alpha value is -0.900. The van der Waals surface area contributed by atoms with E-state index in [-0.39, 0.29) is 11.6 Å². The SMILES string of the molecule is CC(C)(C)OCC(NN)c1cccc(C2CCC2)c1. The monoisotopic (exact) mass is 262 g/mol. The van der Waals surface area contributed by atoms with Crippen LogP contribution in [-0.2, 0) is 4.74 Å². The van der Waals surface area contributed by atoms with Gasteiger partial charge in [0.05, 0.1) is 18.2 Å². The molecular weight excluding hydrogens is 236 g/mol. The van der Waals surface area contributed by atoms with Crippen molar-refractivity contribution < 1.29 is 4.74 Å². The van der Waals surface area contributed by atoms with Gasteiger partial charge in [-0.15, -0.1) is 0 Å². The van der Waals surface area contributed by atoms with E-state index < -0.39 is 0 Å². The standard InChI is InChI=1S/C16H26N2O/c1-16(2,3)19-11-15(18-17)14-9-5-8-13(10-14)12-6-4-7-12/h5,8-10,12,15,18H,4,6-7,11,17H2,1-3H3. The van der Waals surface area contributed by atoms with Gasteiger partial charge in [-0.25, -0.2) is 0 Å². The summed E-state index contributed by atoms with van der Waals surface area (Å²) in [4.78, 5) is 0. The highest BCUT2D eigenvalue weighted by atomic mass is 16.5. The summed E-state index contributed by atoms with van der Waals surface area (Å²) in [5, 5.41) is 0. The molecule has 1 fully saturated rings. The number of rotatable bonds is 5. The quantitative estimate of drug-likeness (QED) is 0.632. The van der Waals surface area contributed by atoms with Gasteiger partial charge in [0.1, 0.15) is 0 Å². The summed E-state index contributed by atoms with van der Waals surface area (Å²) in [6.45, 7) is 6.77. The molecule has 0 heterocycles. The van der Waals surface area contributed by atoms with Crippen LogP contribution in [0.25, 0.3) is 0 Å². The minimum atomic E-state index is -0.138. The zero-order chi connectivity index (χ0) is 13.9. The number of hydrazine groups is 1. The lowest BCUT2D eigenvalue weighted by Crippen LogP contribution is -2.34. The van der Waals surface area contributed by atoms with Crippen molar-refractivity contribution in [1.29, 1.82) is 0 Å². The second kappa shape index (κ2) is 6.04. The number of hydrogen-bond donors (Lipinski definition) is 2. The fourth-order valence-corrected chi connectivity index (χ4v) is 2.35. The maximum Gasteiger partial charge on any atom is 0.0694 e. The van der Waals surface area contributed by atoms with E-state index in [0.717, 1.165) is 5.92 Å². The van der Waals surface area contributed by atoms with Gasteiger partial charge in [0.15, 0.2) is 0 Å². The van der Waals surface area contributed by atoms with Crippen LogP contribution < -0.4 is 11.3 Å². The number of nitrogens with two attached hydrogens (primary N) is 1. The summed E-state index contributed by atoms with van der Waals surface area (Å²) in [5.74, 6) is 6.43. The minimum Gasteiger partial charge on any atom is -0.374 e. The van der Waals surface area contributed by atoms with E-state index in [0.29, 0.717) is 6.61 Å². The maximum atomic E-state index is 5.83. The Morgan fingerprint density at radius 2 is 2.11 bits per heavy atom. The molecule has 1 aliphatic carbocycles. The van der Waals surface area contributed by atoms with Gasteiger partial charge in [-0.2, -0.15) is 0 Å². The first-order valence-corrected chi connectivity index (χ1v) is 7.19. The molecule has 106 valence electrons. The molecule has 1 saturated carbocycles. The molecule has 0 spiro atoms. The molecule has 0 aromatic heterocycles. The predicted octanol–water partition coefficient (Wildman–Crippen LogP) is 3.27. The molecule has 0 bridgehead atoms. The second-order valence-electron chi connectivity index (χ2n) is 6.44. The Labute approximate surface area is 116 Å². The molecule has 1 atom stereocenters. The summed E-state index contributed by atoms with van der Waals surface area (Å²) in [6.07, 6.45) is 4.01. The van der Waals surface area contributed by atoms with Gasteiger partial charge in [-0.3, -0.25) is 11.3 Å². The van der Waals surface area contributed by atoms with E-state index in [2.05, 4.69) is 50.5 Å². The molecule has 0 amide bonds. The Morgan fingerprint density at radius 1 is 1.37 bits per heavy atom. The first kappa shape index (κ1) is 14.5. The van der Waals surface area contributed by atoms with E-state index in [4.69, 9.17) is 10.6 Å². The van der Waals surface area contributed by atoms with Gasteiger partial charge < -0.3 is 4.74 Å². The van der Waals surface area contributed by atoms with Crippen molar-refractivity contribution in [3.8, 4) is 0 Å².